The summed E-state index contributed by atoms with van der Waals surface area (Å²) in [7, 11) is 0. The summed E-state index contributed by atoms with van der Waals surface area (Å²) < 4.78 is 7.64. The van der Waals surface area contributed by atoms with Gasteiger partial charge in [0.1, 0.15) is 11.6 Å². The summed E-state index contributed by atoms with van der Waals surface area (Å²) in [4.78, 5) is 30.9. The van der Waals surface area contributed by atoms with Crippen LogP contribution < -0.4 is 0 Å². The number of benzene rings is 6. The Labute approximate surface area is 474 Å². The van der Waals surface area contributed by atoms with Crippen LogP contribution in [0.25, 0.3) is 128 Å². The fraction of sp³-hybridized carbons (Fsp3) is 0. The number of nitrogens with zero attached hydrogens (tertiary/aromatic N) is 9. The number of aromatic nitrogens is 10. The van der Waals surface area contributed by atoms with Crippen molar-refractivity contribution in [3.8, 4) is 62.1 Å². The fourth-order valence-corrected chi connectivity index (χ4v) is 11.1. The summed E-state index contributed by atoms with van der Waals surface area (Å²) in [5.41, 5.74) is 16.3. The van der Waals surface area contributed by atoms with Crippen molar-refractivity contribution in [1.29, 1.82) is 0 Å². The van der Waals surface area contributed by atoms with Crippen molar-refractivity contribution in [2.24, 2.45) is 0 Å². The highest BCUT2D eigenvalue weighted by Crippen LogP contribution is 2.39. The molecule has 6 aromatic carbocycles. The van der Waals surface area contributed by atoms with Crippen LogP contribution in [-0.4, -0.2) is 48.6 Å². The van der Waals surface area contributed by atoms with Crippen molar-refractivity contribution in [1.82, 2.24) is 48.6 Å². The van der Waals surface area contributed by atoms with E-state index in [9.17, 15) is 0 Å². The van der Waals surface area contributed by atoms with Gasteiger partial charge in [-0.15, -0.1) is 0 Å². The zero-order valence-electron chi connectivity index (χ0n) is 43.5. The minimum absolute atomic E-state index is 0.872. The summed E-state index contributed by atoms with van der Waals surface area (Å²) in [6.45, 7) is 0. The number of halogens is 1. The maximum absolute atomic E-state index is 4.85. The van der Waals surface area contributed by atoms with E-state index in [0.29, 0.717) is 0 Å². The second-order valence-electron chi connectivity index (χ2n) is 19.5. The van der Waals surface area contributed by atoms with Crippen LogP contribution >= 0.6 is 15.9 Å². The van der Waals surface area contributed by atoms with Crippen molar-refractivity contribution in [3.63, 3.8) is 0 Å². The Balaban J connectivity index is 0.000000124. The molecule has 1 N–H and O–H groups in total. The molecule has 0 saturated carbocycles. The molecule has 0 spiro atoms. The molecular weight excluding hydrogens is 1060 g/mol. The van der Waals surface area contributed by atoms with Crippen LogP contribution in [0.5, 0.6) is 0 Å². The molecule has 16 aromatic rings. The molecule has 0 unspecified atom stereocenters. The first-order valence-corrected chi connectivity index (χ1v) is 27.4. The first-order chi connectivity index (χ1) is 40.1. The second-order valence-corrected chi connectivity index (χ2v) is 20.4. The normalized spacial score (nSPS) is 11.3. The Kier molecular flexibility index (Phi) is 12.8. The van der Waals surface area contributed by atoms with Crippen molar-refractivity contribution in [3.05, 3.63) is 285 Å². The Morgan fingerprint density at radius 3 is 1.47 bits per heavy atom. The van der Waals surface area contributed by atoms with Crippen molar-refractivity contribution >= 4 is 81.3 Å². The highest BCUT2D eigenvalue weighted by Gasteiger charge is 2.20. The number of fused-ring (bicyclic) bond motifs is 10. The van der Waals surface area contributed by atoms with Crippen LogP contribution in [0.1, 0.15) is 0 Å². The van der Waals surface area contributed by atoms with Gasteiger partial charge in [-0.3, -0.25) is 29.1 Å². The van der Waals surface area contributed by atoms with Crippen molar-refractivity contribution < 1.29 is 0 Å². The largest absolute Gasteiger partial charge is 0.352 e. The van der Waals surface area contributed by atoms with Crippen LogP contribution in [-0.2, 0) is 0 Å². The lowest BCUT2D eigenvalue weighted by Crippen LogP contribution is -2.00. The molecule has 0 aliphatic rings. The van der Waals surface area contributed by atoms with Gasteiger partial charge in [0.15, 0.2) is 0 Å². The quantitative estimate of drug-likeness (QED) is 0.170. The molecule has 0 saturated heterocycles. The average molecular weight is 1110 g/mol. The fourth-order valence-electron chi connectivity index (χ4n) is 10.8. The summed E-state index contributed by atoms with van der Waals surface area (Å²) >= 11 is 3.36. The molecule has 11 heteroatoms. The van der Waals surface area contributed by atoms with Gasteiger partial charge in [0.05, 0.1) is 68.8 Å². The first kappa shape index (κ1) is 48.7. The van der Waals surface area contributed by atoms with Crippen molar-refractivity contribution in [2.75, 3.05) is 0 Å². The standard InChI is InChI=1S/C35H23N5.C24H16N4.C11H8BrN/c1-3-7-24(8-4-1)27-15-19-37-33(21-27)39-20-17-26-11-13-30-29-16-18-36-23-32(29)40(35(30)34(26)39)28-12-14-31(38-22-28)25-9-5-2-6-10-25;1-2-4-16(5-3-1)18-8-12-26-22(14-18)28-13-10-17-6-7-20-19-9-11-25-15-21(19)27-23(20)24(17)28;12-10-6-7-11(13-8-10)9-4-2-1-3-5-9/h1-23H;1-15,27H;1-8H. The number of pyridine rings is 6. The molecule has 16 rings (SSSR count). The van der Waals surface area contributed by atoms with Gasteiger partial charge in [0.25, 0.3) is 0 Å². The maximum atomic E-state index is 4.85. The third-order valence-corrected chi connectivity index (χ3v) is 15.1. The Morgan fingerprint density at radius 2 is 0.889 bits per heavy atom. The minimum Gasteiger partial charge on any atom is -0.352 e. The molecule has 0 aliphatic carbocycles. The predicted octanol–water partition coefficient (Wildman–Crippen LogP) is 17.5. The topological polar surface area (TPSA) is 108 Å². The third kappa shape index (κ3) is 9.37. The van der Waals surface area contributed by atoms with Gasteiger partial charge < -0.3 is 9.55 Å². The van der Waals surface area contributed by atoms with E-state index < -0.39 is 0 Å². The number of aromatic amines is 1. The zero-order valence-corrected chi connectivity index (χ0v) is 45.0. The van der Waals surface area contributed by atoms with Gasteiger partial charge >= 0.3 is 0 Å². The molecule has 0 atom stereocenters. The van der Waals surface area contributed by atoms with E-state index in [1.165, 1.54) is 21.7 Å². The van der Waals surface area contributed by atoms with E-state index in [2.05, 4.69) is 225 Å². The minimum atomic E-state index is 0.872. The van der Waals surface area contributed by atoms with E-state index in [-0.39, 0.29) is 0 Å². The van der Waals surface area contributed by atoms with Gasteiger partial charge in [-0.2, -0.15) is 0 Å². The number of nitrogens with one attached hydrogen (secondary N) is 1. The molecule has 0 bridgehead atoms. The molecule has 10 heterocycles. The average Bonchev–Trinajstić information content (AvgIpc) is 3.36. The molecule has 0 radical (unpaired) electrons. The lowest BCUT2D eigenvalue weighted by atomic mass is 10.1. The Morgan fingerprint density at radius 1 is 0.358 bits per heavy atom. The molecule has 0 amide bonds. The summed E-state index contributed by atoms with van der Waals surface area (Å²) in [5, 5.41) is 7.02. The van der Waals surface area contributed by atoms with Gasteiger partial charge in [-0.25, -0.2) is 9.97 Å². The SMILES string of the molecule is Brc1ccc(-c2ccccc2)nc1.c1ccc(-c2ccnc(-n3ccc4ccc5c6ccncc6[nH]c5c43)c2)cc1.c1ccc(-c2ccnc(-n3ccc4ccc5c6ccncc6n(-c6ccc(-c7ccccc7)nc6)c5c43)c2)cc1. The van der Waals surface area contributed by atoms with Gasteiger partial charge in [-0.05, 0) is 111 Å². The van der Waals surface area contributed by atoms with Crippen molar-refractivity contribution in [2.45, 2.75) is 0 Å². The van der Waals surface area contributed by atoms with Crippen LogP contribution in [0.2, 0.25) is 0 Å². The maximum Gasteiger partial charge on any atom is 0.137 e. The van der Waals surface area contributed by atoms with Gasteiger partial charge in [0.2, 0.25) is 0 Å². The highest BCUT2D eigenvalue weighted by molar-refractivity contribution is 9.10. The highest BCUT2D eigenvalue weighted by atomic mass is 79.9. The zero-order chi connectivity index (χ0) is 54.1. The second kappa shape index (κ2) is 21.3. The number of rotatable bonds is 7. The van der Waals surface area contributed by atoms with Gasteiger partial charge in [-0.1, -0.05) is 146 Å². The van der Waals surface area contributed by atoms with Crippen LogP contribution in [0.15, 0.2) is 285 Å². The van der Waals surface area contributed by atoms with E-state index in [0.717, 1.165) is 110 Å². The monoisotopic (exact) mass is 1110 g/mol. The molecule has 10 aromatic heterocycles. The van der Waals surface area contributed by atoms with Gasteiger partial charge in [0, 0.05) is 91.3 Å². The van der Waals surface area contributed by atoms with E-state index in [1.807, 2.05) is 110 Å². The first-order valence-electron chi connectivity index (χ1n) is 26.6. The number of H-pyrrole nitrogens is 1. The van der Waals surface area contributed by atoms with E-state index in [4.69, 9.17) is 9.97 Å². The van der Waals surface area contributed by atoms with Crippen LogP contribution in [0.3, 0.4) is 0 Å². The summed E-state index contributed by atoms with van der Waals surface area (Å²) in [6, 6.07) is 75.0. The molecule has 81 heavy (non-hydrogen) atoms. The Bertz CT molecular complexity index is 4860. The smallest absolute Gasteiger partial charge is 0.137 e. The van der Waals surface area contributed by atoms with E-state index in [1.54, 1.807) is 0 Å². The summed E-state index contributed by atoms with van der Waals surface area (Å²) in [6.07, 6.45) is 19.2. The lowest BCUT2D eigenvalue weighted by Gasteiger charge is -2.12. The van der Waals surface area contributed by atoms with E-state index >= 15 is 0 Å². The Hall–Kier alpha value is -10.6. The molecule has 0 fully saturated rings. The molecule has 0 aliphatic heterocycles. The molecular formula is C70H47BrN10. The number of hydrogen-bond donors (Lipinski definition) is 1. The predicted molar refractivity (Wildman–Crippen MR) is 333 cm³/mol. The van der Waals surface area contributed by atoms with Crippen LogP contribution in [0.4, 0.5) is 0 Å². The summed E-state index contributed by atoms with van der Waals surface area (Å²) in [5.74, 6) is 1.77. The third-order valence-electron chi connectivity index (χ3n) is 14.7. The van der Waals surface area contributed by atoms with Crippen LogP contribution in [0, 0.1) is 0 Å². The molecule has 384 valence electrons. The molecule has 10 nitrogen and oxygen atoms in total. The lowest BCUT2D eigenvalue weighted by molar-refractivity contribution is 1.04. The number of hydrogen-bond acceptors (Lipinski definition) is 6.